The fourth-order valence-electron chi connectivity index (χ4n) is 2.27. The van der Waals surface area contributed by atoms with Crippen LogP contribution in [0.15, 0.2) is 59.1 Å². The summed E-state index contributed by atoms with van der Waals surface area (Å²) in [5.74, 6) is -1.52. The Morgan fingerprint density at radius 1 is 1.17 bits per heavy atom. The Balaban J connectivity index is 2.00. The SMILES string of the molecule is CC(c1cccc(Br)c1)C(NC(=O)OCc1ccccc1)C(=O)O. The first-order valence-electron chi connectivity index (χ1n) is 7.43. The van der Waals surface area contributed by atoms with E-state index in [1.54, 1.807) is 6.92 Å². The number of carboxylic acid groups (broad SMARTS) is 1. The third kappa shape index (κ3) is 5.09. The minimum Gasteiger partial charge on any atom is -0.480 e. The minimum absolute atomic E-state index is 0.0876. The van der Waals surface area contributed by atoms with Gasteiger partial charge in [-0.1, -0.05) is 65.3 Å². The lowest BCUT2D eigenvalue weighted by Crippen LogP contribution is -2.44. The Bertz CT molecular complexity index is 705. The normalized spacial score (nSPS) is 12.9. The largest absolute Gasteiger partial charge is 0.480 e. The van der Waals surface area contributed by atoms with Gasteiger partial charge in [-0.25, -0.2) is 9.59 Å². The van der Waals surface area contributed by atoms with Crippen LogP contribution in [0.4, 0.5) is 4.79 Å². The van der Waals surface area contributed by atoms with Gasteiger partial charge in [0.25, 0.3) is 0 Å². The molecule has 0 heterocycles. The highest BCUT2D eigenvalue weighted by Gasteiger charge is 2.28. The zero-order valence-corrected chi connectivity index (χ0v) is 14.7. The number of carbonyl (C=O) groups excluding carboxylic acids is 1. The van der Waals surface area contributed by atoms with E-state index in [0.717, 1.165) is 15.6 Å². The van der Waals surface area contributed by atoms with Crippen LogP contribution in [0.25, 0.3) is 0 Å². The van der Waals surface area contributed by atoms with Gasteiger partial charge in [-0.05, 0) is 23.3 Å². The van der Waals surface area contributed by atoms with Crippen LogP contribution in [0.3, 0.4) is 0 Å². The fraction of sp³-hybridized carbons (Fsp3) is 0.222. The van der Waals surface area contributed by atoms with Crippen LogP contribution < -0.4 is 5.32 Å². The summed E-state index contributed by atoms with van der Waals surface area (Å²) in [6, 6.07) is 15.4. The molecular formula is C18H18BrNO4. The molecule has 0 saturated carbocycles. The van der Waals surface area contributed by atoms with Gasteiger partial charge in [0.05, 0.1) is 0 Å². The summed E-state index contributed by atoms with van der Waals surface area (Å²) in [5.41, 5.74) is 1.64. The Morgan fingerprint density at radius 2 is 1.88 bits per heavy atom. The first kappa shape index (κ1) is 18.0. The van der Waals surface area contributed by atoms with E-state index in [0.29, 0.717) is 0 Å². The van der Waals surface area contributed by atoms with Crippen LogP contribution in [0.1, 0.15) is 24.0 Å². The van der Waals surface area contributed by atoms with E-state index in [1.807, 2.05) is 54.6 Å². The summed E-state index contributed by atoms with van der Waals surface area (Å²) in [6.45, 7) is 1.84. The Kier molecular flexibility index (Phi) is 6.37. The monoisotopic (exact) mass is 391 g/mol. The van der Waals surface area contributed by atoms with Gasteiger partial charge in [0.1, 0.15) is 12.6 Å². The average Bonchev–Trinajstić information content (AvgIpc) is 2.58. The van der Waals surface area contributed by atoms with E-state index >= 15 is 0 Å². The number of aliphatic carboxylic acids is 1. The van der Waals surface area contributed by atoms with Crippen LogP contribution in [0, 0.1) is 0 Å². The van der Waals surface area contributed by atoms with Crippen LogP contribution in [-0.2, 0) is 16.1 Å². The van der Waals surface area contributed by atoms with E-state index in [1.165, 1.54) is 0 Å². The third-order valence-electron chi connectivity index (χ3n) is 3.63. The standard InChI is InChI=1S/C18H18BrNO4/c1-12(14-8-5-9-15(19)10-14)16(17(21)22)20-18(23)24-11-13-6-3-2-4-7-13/h2-10,12,16H,11H2,1H3,(H,20,23)(H,21,22). The van der Waals surface area contributed by atoms with Crippen LogP contribution in [-0.4, -0.2) is 23.2 Å². The predicted molar refractivity (Wildman–Crippen MR) is 93.7 cm³/mol. The van der Waals surface area contributed by atoms with Gasteiger partial charge in [-0.15, -0.1) is 0 Å². The molecule has 0 aromatic heterocycles. The van der Waals surface area contributed by atoms with Crippen molar-refractivity contribution in [3.63, 3.8) is 0 Å². The summed E-state index contributed by atoms with van der Waals surface area (Å²) in [4.78, 5) is 23.5. The zero-order valence-electron chi connectivity index (χ0n) is 13.1. The number of benzene rings is 2. The molecule has 2 unspecified atom stereocenters. The number of carbonyl (C=O) groups is 2. The molecule has 5 nitrogen and oxygen atoms in total. The molecule has 2 atom stereocenters. The maximum absolute atomic E-state index is 11.9. The molecule has 0 fully saturated rings. The van der Waals surface area contributed by atoms with Crippen LogP contribution in [0.5, 0.6) is 0 Å². The first-order valence-corrected chi connectivity index (χ1v) is 8.22. The summed E-state index contributed by atoms with van der Waals surface area (Å²) in [6.07, 6.45) is -0.756. The van der Waals surface area contributed by atoms with Gasteiger partial charge >= 0.3 is 12.1 Å². The fourth-order valence-corrected chi connectivity index (χ4v) is 2.69. The van der Waals surface area contributed by atoms with Gasteiger partial charge in [0.15, 0.2) is 0 Å². The Labute approximate surface area is 148 Å². The highest BCUT2D eigenvalue weighted by molar-refractivity contribution is 9.10. The Morgan fingerprint density at radius 3 is 2.50 bits per heavy atom. The van der Waals surface area contributed by atoms with Crippen molar-refractivity contribution < 1.29 is 19.4 Å². The lowest BCUT2D eigenvalue weighted by Gasteiger charge is -2.21. The van der Waals surface area contributed by atoms with E-state index in [4.69, 9.17) is 4.74 Å². The molecule has 6 heteroatoms. The van der Waals surface area contributed by atoms with E-state index < -0.39 is 24.0 Å². The molecule has 0 bridgehead atoms. The van der Waals surface area contributed by atoms with Gasteiger partial charge in [-0.2, -0.15) is 0 Å². The lowest BCUT2D eigenvalue weighted by atomic mass is 9.93. The number of hydrogen-bond donors (Lipinski definition) is 2. The van der Waals surface area contributed by atoms with E-state index in [2.05, 4.69) is 21.2 Å². The number of nitrogens with one attached hydrogen (secondary N) is 1. The molecule has 2 rings (SSSR count). The zero-order chi connectivity index (χ0) is 17.5. The number of halogens is 1. The molecule has 0 aliphatic carbocycles. The Hall–Kier alpha value is -2.34. The van der Waals surface area contributed by atoms with Crippen molar-refractivity contribution in [2.45, 2.75) is 25.5 Å². The molecule has 0 radical (unpaired) electrons. The van der Waals surface area contributed by atoms with Crippen molar-refractivity contribution in [3.05, 3.63) is 70.2 Å². The molecule has 0 aliphatic rings. The molecule has 0 saturated heterocycles. The molecule has 1 amide bonds. The van der Waals surface area contributed by atoms with Crippen molar-refractivity contribution >= 4 is 28.0 Å². The molecule has 2 N–H and O–H groups in total. The number of amides is 1. The average molecular weight is 392 g/mol. The summed E-state index contributed by atoms with van der Waals surface area (Å²) >= 11 is 3.36. The quantitative estimate of drug-likeness (QED) is 0.781. The number of carboxylic acids is 1. The first-order chi connectivity index (χ1) is 11.5. The maximum Gasteiger partial charge on any atom is 0.408 e. The molecule has 126 valence electrons. The molecule has 2 aromatic carbocycles. The van der Waals surface area contributed by atoms with Crippen molar-refractivity contribution in [1.82, 2.24) is 5.32 Å². The molecule has 2 aromatic rings. The number of rotatable bonds is 6. The summed E-state index contributed by atoms with van der Waals surface area (Å²) in [5, 5.41) is 11.9. The highest BCUT2D eigenvalue weighted by atomic mass is 79.9. The topological polar surface area (TPSA) is 75.6 Å². The van der Waals surface area contributed by atoms with Gasteiger partial charge in [-0.3, -0.25) is 0 Å². The van der Waals surface area contributed by atoms with Crippen molar-refractivity contribution in [2.75, 3.05) is 0 Å². The number of ether oxygens (including phenoxy) is 1. The maximum atomic E-state index is 11.9. The molecular weight excluding hydrogens is 374 g/mol. The molecule has 0 spiro atoms. The van der Waals surface area contributed by atoms with Crippen molar-refractivity contribution in [2.24, 2.45) is 0 Å². The van der Waals surface area contributed by atoms with Crippen LogP contribution in [0.2, 0.25) is 0 Å². The highest BCUT2D eigenvalue weighted by Crippen LogP contribution is 2.23. The minimum atomic E-state index is -1.11. The second-order valence-corrected chi connectivity index (χ2v) is 6.28. The molecule has 24 heavy (non-hydrogen) atoms. The van der Waals surface area contributed by atoms with Gasteiger partial charge in [0, 0.05) is 10.4 Å². The molecule has 0 aliphatic heterocycles. The second kappa shape index (κ2) is 8.49. The third-order valence-corrected chi connectivity index (χ3v) is 4.12. The van der Waals surface area contributed by atoms with Gasteiger partial charge in [0.2, 0.25) is 0 Å². The van der Waals surface area contributed by atoms with E-state index in [9.17, 15) is 14.7 Å². The van der Waals surface area contributed by atoms with Crippen molar-refractivity contribution in [3.8, 4) is 0 Å². The number of hydrogen-bond acceptors (Lipinski definition) is 3. The second-order valence-electron chi connectivity index (χ2n) is 5.37. The predicted octanol–water partition coefficient (Wildman–Crippen LogP) is 3.93. The smallest absolute Gasteiger partial charge is 0.408 e. The van der Waals surface area contributed by atoms with Crippen molar-refractivity contribution in [1.29, 1.82) is 0 Å². The lowest BCUT2D eigenvalue weighted by molar-refractivity contribution is -0.139. The number of alkyl carbamates (subject to hydrolysis) is 1. The van der Waals surface area contributed by atoms with Gasteiger partial charge < -0.3 is 15.2 Å². The summed E-state index contributed by atoms with van der Waals surface area (Å²) < 4.78 is 5.95. The van der Waals surface area contributed by atoms with Crippen LogP contribution >= 0.6 is 15.9 Å². The van der Waals surface area contributed by atoms with E-state index in [-0.39, 0.29) is 6.61 Å². The summed E-state index contributed by atoms with van der Waals surface area (Å²) in [7, 11) is 0.